The number of aromatic nitrogens is 1. The van der Waals surface area contributed by atoms with E-state index in [9.17, 15) is 24.3 Å². The minimum atomic E-state index is -1.55. The van der Waals surface area contributed by atoms with Crippen molar-refractivity contribution in [3.05, 3.63) is 36.0 Å². The number of aliphatic hydroxyl groups excluding tert-OH is 1. The van der Waals surface area contributed by atoms with Gasteiger partial charge in [0, 0.05) is 35.0 Å². The molecule has 4 unspecified atom stereocenters. The first-order valence-corrected chi connectivity index (χ1v) is 11.2. The average Bonchev–Trinajstić information content (AvgIpc) is 3.22. The number of thiol groups is 2. The third-order valence-corrected chi connectivity index (χ3v) is 5.64. The number of nitrogens with two attached hydrogens (primary N) is 1. The van der Waals surface area contributed by atoms with Crippen molar-refractivity contribution in [1.82, 2.24) is 20.9 Å². The van der Waals surface area contributed by atoms with Gasteiger partial charge in [-0.15, -0.1) is 0 Å². The quantitative estimate of drug-likeness (QED) is 0.158. The molecule has 2 rings (SSSR count). The van der Waals surface area contributed by atoms with Crippen LogP contribution in [0.25, 0.3) is 10.9 Å². The van der Waals surface area contributed by atoms with Crippen LogP contribution in [0.4, 0.5) is 0 Å². The Balaban J connectivity index is 2.25. The molecular formula is C20H27N5O6S2. The first-order chi connectivity index (χ1) is 15.7. The first kappa shape index (κ1) is 26.5. The van der Waals surface area contributed by atoms with E-state index < -0.39 is 54.5 Å². The summed E-state index contributed by atoms with van der Waals surface area (Å²) >= 11 is 8.03. The second-order valence-electron chi connectivity index (χ2n) is 7.24. The number of aromatic amines is 1. The molecule has 1 aromatic carbocycles. The largest absolute Gasteiger partial charge is 0.480 e. The van der Waals surface area contributed by atoms with Crippen molar-refractivity contribution in [2.45, 2.75) is 30.6 Å². The third kappa shape index (κ3) is 7.12. The summed E-state index contributed by atoms with van der Waals surface area (Å²) in [5, 5.41) is 26.4. The summed E-state index contributed by atoms with van der Waals surface area (Å²) in [6, 6.07) is 2.54. The minimum Gasteiger partial charge on any atom is -0.480 e. The van der Waals surface area contributed by atoms with E-state index in [2.05, 4.69) is 46.2 Å². The van der Waals surface area contributed by atoms with Crippen LogP contribution in [0.15, 0.2) is 30.5 Å². The second kappa shape index (κ2) is 12.5. The van der Waals surface area contributed by atoms with Crippen LogP contribution in [0.5, 0.6) is 0 Å². The van der Waals surface area contributed by atoms with Crippen molar-refractivity contribution < 1.29 is 29.4 Å². The molecule has 0 aliphatic rings. The number of carbonyl (C=O) groups excluding carboxylic acids is 3. The van der Waals surface area contributed by atoms with Crippen molar-refractivity contribution in [3.63, 3.8) is 0 Å². The molecule has 1 heterocycles. The molecule has 3 amide bonds. The summed E-state index contributed by atoms with van der Waals surface area (Å²) in [6.45, 7) is -0.828. The van der Waals surface area contributed by atoms with Crippen LogP contribution < -0.4 is 21.7 Å². The second-order valence-corrected chi connectivity index (χ2v) is 7.97. The van der Waals surface area contributed by atoms with Crippen molar-refractivity contribution in [2.24, 2.45) is 5.73 Å². The summed E-state index contributed by atoms with van der Waals surface area (Å²) in [7, 11) is 0. The molecule has 0 bridgehead atoms. The molecule has 33 heavy (non-hydrogen) atoms. The summed E-state index contributed by atoms with van der Waals surface area (Å²) in [5.41, 5.74) is 7.14. The lowest BCUT2D eigenvalue weighted by molar-refractivity contribution is -0.143. The van der Waals surface area contributed by atoms with Gasteiger partial charge in [0.05, 0.1) is 12.6 Å². The molecule has 0 aliphatic carbocycles. The summed E-state index contributed by atoms with van der Waals surface area (Å²) < 4.78 is 0. The Morgan fingerprint density at radius 1 is 0.939 bits per heavy atom. The van der Waals surface area contributed by atoms with E-state index in [1.807, 2.05) is 24.3 Å². The number of para-hydroxylation sites is 1. The molecule has 0 radical (unpaired) electrons. The van der Waals surface area contributed by atoms with Gasteiger partial charge < -0.3 is 36.9 Å². The molecule has 0 spiro atoms. The topological polar surface area (TPSA) is 187 Å². The number of benzene rings is 1. The van der Waals surface area contributed by atoms with Crippen molar-refractivity contribution in [3.8, 4) is 0 Å². The molecule has 11 nitrogen and oxygen atoms in total. The fourth-order valence-corrected chi connectivity index (χ4v) is 3.44. The van der Waals surface area contributed by atoms with E-state index in [-0.39, 0.29) is 17.9 Å². The van der Waals surface area contributed by atoms with Crippen molar-refractivity contribution in [1.29, 1.82) is 0 Å². The van der Waals surface area contributed by atoms with Crippen LogP contribution in [0, 0.1) is 0 Å². The smallest absolute Gasteiger partial charge is 0.328 e. The highest BCUT2D eigenvalue weighted by molar-refractivity contribution is 7.80. The maximum absolute atomic E-state index is 12.9. The van der Waals surface area contributed by atoms with Crippen LogP contribution in [-0.4, -0.2) is 81.2 Å². The number of carboxylic acids is 1. The van der Waals surface area contributed by atoms with Crippen LogP contribution in [0.1, 0.15) is 5.56 Å². The first-order valence-electron chi connectivity index (χ1n) is 9.98. The van der Waals surface area contributed by atoms with Gasteiger partial charge in [0.2, 0.25) is 17.7 Å². The average molecular weight is 498 g/mol. The number of nitrogens with one attached hydrogen (secondary N) is 4. The molecule has 1 aromatic heterocycles. The van der Waals surface area contributed by atoms with E-state index in [1.165, 1.54) is 0 Å². The van der Waals surface area contributed by atoms with Crippen LogP contribution >= 0.6 is 25.3 Å². The fraction of sp³-hybridized carbons (Fsp3) is 0.400. The highest BCUT2D eigenvalue weighted by atomic mass is 32.1. The zero-order chi connectivity index (χ0) is 24.5. The van der Waals surface area contributed by atoms with Crippen LogP contribution in [-0.2, 0) is 25.6 Å². The number of aliphatic carboxylic acids is 1. The summed E-state index contributed by atoms with van der Waals surface area (Å²) in [4.78, 5) is 52.0. The van der Waals surface area contributed by atoms with Gasteiger partial charge in [0.25, 0.3) is 0 Å². The van der Waals surface area contributed by atoms with Crippen molar-refractivity contribution in [2.75, 3.05) is 18.1 Å². The Labute approximate surface area is 200 Å². The maximum Gasteiger partial charge on any atom is 0.328 e. The van der Waals surface area contributed by atoms with Gasteiger partial charge in [-0.05, 0) is 11.6 Å². The minimum absolute atomic E-state index is 0.0166. The monoisotopic (exact) mass is 497 g/mol. The number of aliphatic hydroxyl groups is 1. The maximum atomic E-state index is 12.9. The third-order valence-electron chi connectivity index (χ3n) is 4.88. The predicted octanol–water partition coefficient (Wildman–Crippen LogP) is -1.57. The number of hydrogen-bond acceptors (Lipinski definition) is 8. The van der Waals surface area contributed by atoms with Gasteiger partial charge in [-0.1, -0.05) is 18.2 Å². The molecule has 0 fully saturated rings. The molecule has 180 valence electrons. The van der Waals surface area contributed by atoms with E-state index in [4.69, 9.17) is 10.8 Å². The number of rotatable bonds is 12. The van der Waals surface area contributed by atoms with Gasteiger partial charge in [-0.25, -0.2) is 4.79 Å². The molecule has 0 saturated heterocycles. The lowest BCUT2D eigenvalue weighted by Crippen LogP contribution is -2.58. The van der Waals surface area contributed by atoms with E-state index >= 15 is 0 Å². The fourth-order valence-electron chi connectivity index (χ4n) is 3.02. The number of carbonyl (C=O) groups is 4. The number of amides is 3. The van der Waals surface area contributed by atoms with E-state index in [0.29, 0.717) is 5.56 Å². The summed E-state index contributed by atoms with van der Waals surface area (Å²) in [6.07, 6.45) is 1.70. The Bertz CT molecular complexity index is 1000. The van der Waals surface area contributed by atoms with Gasteiger partial charge >= 0.3 is 5.97 Å². The van der Waals surface area contributed by atoms with Gasteiger partial charge in [-0.2, -0.15) is 25.3 Å². The molecule has 8 N–H and O–H groups in total. The normalized spacial score (nSPS) is 14.7. The Hall–Kier alpha value is -2.74. The highest BCUT2D eigenvalue weighted by Crippen LogP contribution is 2.19. The lowest BCUT2D eigenvalue weighted by Gasteiger charge is -2.24. The van der Waals surface area contributed by atoms with Gasteiger partial charge in [0.15, 0.2) is 0 Å². The lowest BCUT2D eigenvalue weighted by atomic mass is 10.0. The zero-order valence-corrected chi connectivity index (χ0v) is 19.3. The predicted molar refractivity (Wildman–Crippen MR) is 128 cm³/mol. The standard InChI is InChI=1S/C20H27N5O6S2/c21-12(8-32)17(27)25-16(9-33)19(29)23-14(18(28)24-15(7-26)20(30)31)5-10-6-22-13-4-2-1-3-11(10)13/h1-4,6,12,14-16,22,26,32-33H,5,7-9,21H2,(H,23,29)(H,24,28)(H,25,27)(H,30,31). The van der Waals surface area contributed by atoms with Crippen LogP contribution in [0.2, 0.25) is 0 Å². The Morgan fingerprint density at radius 2 is 1.55 bits per heavy atom. The van der Waals surface area contributed by atoms with Gasteiger partial charge in [-0.3, -0.25) is 14.4 Å². The number of hydrogen-bond donors (Lipinski definition) is 9. The SMILES string of the molecule is NC(CS)C(=O)NC(CS)C(=O)NC(Cc1c[nH]c2ccccc12)C(=O)NC(CO)C(=O)O. The zero-order valence-electron chi connectivity index (χ0n) is 17.5. The Morgan fingerprint density at radius 3 is 2.15 bits per heavy atom. The molecular weight excluding hydrogens is 470 g/mol. The molecule has 2 aromatic rings. The van der Waals surface area contributed by atoms with Gasteiger partial charge in [0.1, 0.15) is 18.1 Å². The van der Waals surface area contributed by atoms with E-state index in [1.54, 1.807) is 6.20 Å². The highest BCUT2D eigenvalue weighted by Gasteiger charge is 2.30. The Kier molecular flexibility index (Phi) is 10.0. The molecule has 4 atom stereocenters. The molecule has 13 heteroatoms. The van der Waals surface area contributed by atoms with Crippen molar-refractivity contribution >= 4 is 59.9 Å². The molecule has 0 saturated carbocycles. The molecule has 0 aliphatic heterocycles. The number of fused-ring (bicyclic) bond motifs is 1. The number of carboxylic acid groups (broad SMARTS) is 1. The van der Waals surface area contributed by atoms with E-state index in [0.717, 1.165) is 10.9 Å². The summed E-state index contributed by atoms with van der Waals surface area (Å²) in [5.74, 6) is -3.57. The van der Waals surface area contributed by atoms with Crippen LogP contribution in [0.3, 0.4) is 0 Å². The number of H-pyrrole nitrogens is 1.